The van der Waals surface area contributed by atoms with E-state index in [1.807, 2.05) is 37.3 Å². The number of carbonyl (C=O) groups excluding carboxylic acids is 2. The first kappa shape index (κ1) is 16.6. The Morgan fingerprint density at radius 2 is 1.80 bits per heavy atom. The Kier molecular flexibility index (Phi) is 4.48. The van der Waals surface area contributed by atoms with Crippen LogP contribution in [0.1, 0.15) is 32.0 Å². The molecule has 3 rings (SSSR count). The second-order valence-corrected chi connectivity index (χ2v) is 5.79. The van der Waals surface area contributed by atoms with Crippen LogP contribution in [-0.2, 0) is 4.74 Å². The number of anilines is 1. The molecule has 0 spiro atoms. The highest BCUT2D eigenvalue weighted by molar-refractivity contribution is 6.07. The number of benzene rings is 2. The highest BCUT2D eigenvalue weighted by Gasteiger charge is 2.14. The van der Waals surface area contributed by atoms with Gasteiger partial charge in [0.25, 0.3) is 5.91 Å². The van der Waals surface area contributed by atoms with Crippen molar-refractivity contribution in [2.75, 3.05) is 12.4 Å². The van der Waals surface area contributed by atoms with Gasteiger partial charge in [0.1, 0.15) is 0 Å². The molecule has 0 aliphatic heterocycles. The van der Waals surface area contributed by atoms with Crippen LogP contribution in [0.2, 0.25) is 0 Å². The van der Waals surface area contributed by atoms with E-state index in [2.05, 4.69) is 10.3 Å². The van der Waals surface area contributed by atoms with Crippen LogP contribution >= 0.6 is 0 Å². The maximum atomic E-state index is 12.7. The van der Waals surface area contributed by atoms with Gasteiger partial charge in [-0.2, -0.15) is 0 Å². The summed E-state index contributed by atoms with van der Waals surface area (Å²) in [4.78, 5) is 28.9. The molecule has 0 atom stereocenters. The van der Waals surface area contributed by atoms with Gasteiger partial charge in [-0.1, -0.05) is 24.3 Å². The van der Waals surface area contributed by atoms with Gasteiger partial charge >= 0.3 is 5.97 Å². The molecule has 0 bridgehead atoms. The van der Waals surface area contributed by atoms with Crippen LogP contribution in [0.3, 0.4) is 0 Å². The quantitative estimate of drug-likeness (QED) is 0.738. The molecule has 2 aromatic carbocycles. The number of methoxy groups -OCH3 is 1. The normalized spacial score (nSPS) is 10.5. The van der Waals surface area contributed by atoms with Gasteiger partial charge in [0.2, 0.25) is 0 Å². The number of hydrogen-bond acceptors (Lipinski definition) is 4. The number of hydrogen-bond donors (Lipinski definition) is 1. The van der Waals surface area contributed by atoms with E-state index in [0.29, 0.717) is 22.5 Å². The number of nitrogens with zero attached hydrogens (tertiary/aromatic N) is 1. The molecule has 1 amide bonds. The van der Waals surface area contributed by atoms with Crippen molar-refractivity contribution in [3.63, 3.8) is 0 Å². The Labute approximate surface area is 145 Å². The van der Waals surface area contributed by atoms with E-state index >= 15 is 0 Å². The average molecular weight is 334 g/mol. The number of ether oxygens (including phenoxy) is 1. The van der Waals surface area contributed by atoms with Crippen LogP contribution < -0.4 is 5.32 Å². The zero-order chi connectivity index (χ0) is 18.0. The van der Waals surface area contributed by atoms with Gasteiger partial charge in [0.05, 0.1) is 29.4 Å². The first-order valence-corrected chi connectivity index (χ1v) is 7.86. The number of para-hydroxylation sites is 1. The Hall–Kier alpha value is -3.21. The first-order chi connectivity index (χ1) is 12.0. The molecular formula is C20H18N2O3. The molecular weight excluding hydrogens is 316 g/mol. The molecule has 25 heavy (non-hydrogen) atoms. The average Bonchev–Trinajstić information content (AvgIpc) is 2.62. The summed E-state index contributed by atoms with van der Waals surface area (Å²) >= 11 is 0. The van der Waals surface area contributed by atoms with Crippen LogP contribution in [0.25, 0.3) is 10.9 Å². The third-order valence-electron chi connectivity index (χ3n) is 4.07. The van der Waals surface area contributed by atoms with Crippen molar-refractivity contribution in [2.45, 2.75) is 13.8 Å². The number of carbonyl (C=O) groups is 2. The van der Waals surface area contributed by atoms with Crippen molar-refractivity contribution in [2.24, 2.45) is 0 Å². The predicted octanol–water partition coefficient (Wildman–Crippen LogP) is 3.89. The fraction of sp³-hybridized carbons (Fsp3) is 0.150. The molecule has 3 aromatic rings. The number of fused-ring (bicyclic) bond motifs is 1. The number of amides is 1. The van der Waals surface area contributed by atoms with Crippen LogP contribution in [0.5, 0.6) is 0 Å². The fourth-order valence-corrected chi connectivity index (χ4v) is 2.63. The second kappa shape index (κ2) is 6.73. The third-order valence-corrected chi connectivity index (χ3v) is 4.07. The molecule has 1 N–H and O–H groups in total. The second-order valence-electron chi connectivity index (χ2n) is 5.79. The van der Waals surface area contributed by atoms with Crippen LogP contribution in [0.4, 0.5) is 5.69 Å². The van der Waals surface area contributed by atoms with Gasteiger partial charge in [0.15, 0.2) is 0 Å². The minimum Gasteiger partial charge on any atom is -0.465 e. The van der Waals surface area contributed by atoms with E-state index in [-0.39, 0.29) is 5.91 Å². The summed E-state index contributed by atoms with van der Waals surface area (Å²) in [5.74, 6) is -0.708. The van der Waals surface area contributed by atoms with Gasteiger partial charge in [-0.05, 0) is 43.7 Å². The SMILES string of the molecule is COC(=O)c1ccc(C)c(NC(=O)c2cc3ccccc3nc2C)c1. The maximum Gasteiger partial charge on any atom is 0.337 e. The van der Waals surface area contributed by atoms with Gasteiger partial charge in [-0.25, -0.2) is 4.79 Å². The van der Waals surface area contributed by atoms with Crippen LogP contribution in [-0.4, -0.2) is 24.0 Å². The molecule has 5 heteroatoms. The van der Waals surface area contributed by atoms with Crippen molar-refractivity contribution in [3.8, 4) is 0 Å². The lowest BCUT2D eigenvalue weighted by Gasteiger charge is -2.12. The lowest BCUT2D eigenvalue weighted by molar-refractivity contribution is 0.0600. The Balaban J connectivity index is 1.95. The topological polar surface area (TPSA) is 68.3 Å². The Bertz CT molecular complexity index is 980. The van der Waals surface area contributed by atoms with Gasteiger partial charge < -0.3 is 10.1 Å². The summed E-state index contributed by atoms with van der Waals surface area (Å²) in [5, 5.41) is 3.77. The number of aromatic nitrogens is 1. The highest BCUT2D eigenvalue weighted by Crippen LogP contribution is 2.21. The molecule has 0 fully saturated rings. The number of nitrogens with one attached hydrogen (secondary N) is 1. The van der Waals surface area contributed by atoms with E-state index in [9.17, 15) is 9.59 Å². The summed E-state index contributed by atoms with van der Waals surface area (Å²) in [6.07, 6.45) is 0. The summed E-state index contributed by atoms with van der Waals surface area (Å²) < 4.78 is 4.73. The summed E-state index contributed by atoms with van der Waals surface area (Å²) in [7, 11) is 1.32. The number of pyridine rings is 1. The van der Waals surface area contributed by atoms with Crippen molar-refractivity contribution in [1.82, 2.24) is 4.98 Å². The molecule has 1 aromatic heterocycles. The number of aryl methyl sites for hydroxylation is 2. The molecule has 0 unspecified atom stereocenters. The van der Waals surface area contributed by atoms with Crippen molar-refractivity contribution >= 4 is 28.5 Å². The monoisotopic (exact) mass is 334 g/mol. The standard InChI is InChI=1S/C20H18N2O3/c1-12-8-9-15(20(24)25-3)11-18(12)22-19(23)16-10-14-6-4-5-7-17(14)21-13(16)2/h4-11H,1-3H3,(H,22,23). The summed E-state index contributed by atoms with van der Waals surface area (Å²) in [6.45, 7) is 3.67. The van der Waals surface area contributed by atoms with Crippen molar-refractivity contribution < 1.29 is 14.3 Å². The fourth-order valence-electron chi connectivity index (χ4n) is 2.63. The van der Waals surface area contributed by atoms with E-state index in [1.165, 1.54) is 7.11 Å². The zero-order valence-electron chi connectivity index (χ0n) is 14.3. The molecule has 126 valence electrons. The van der Waals surface area contributed by atoms with E-state index < -0.39 is 5.97 Å². The summed E-state index contributed by atoms with van der Waals surface area (Å²) in [5.41, 5.74) is 3.81. The Morgan fingerprint density at radius 3 is 2.56 bits per heavy atom. The van der Waals surface area contributed by atoms with Crippen molar-refractivity contribution in [1.29, 1.82) is 0 Å². The molecule has 0 aliphatic rings. The van der Waals surface area contributed by atoms with Gasteiger partial charge in [0, 0.05) is 11.1 Å². The summed E-state index contributed by atoms with van der Waals surface area (Å²) in [6, 6.07) is 14.5. The highest BCUT2D eigenvalue weighted by atomic mass is 16.5. The lowest BCUT2D eigenvalue weighted by Crippen LogP contribution is -2.15. The van der Waals surface area contributed by atoms with Gasteiger partial charge in [-0.15, -0.1) is 0 Å². The molecule has 0 radical (unpaired) electrons. The third kappa shape index (κ3) is 3.35. The predicted molar refractivity (Wildman–Crippen MR) is 97.0 cm³/mol. The van der Waals surface area contributed by atoms with Crippen LogP contribution in [0, 0.1) is 13.8 Å². The molecule has 5 nitrogen and oxygen atoms in total. The van der Waals surface area contributed by atoms with E-state index in [1.54, 1.807) is 25.1 Å². The zero-order valence-corrected chi connectivity index (χ0v) is 14.3. The molecule has 0 saturated heterocycles. The number of esters is 1. The number of rotatable bonds is 3. The minimum atomic E-state index is -0.445. The van der Waals surface area contributed by atoms with Gasteiger partial charge in [-0.3, -0.25) is 9.78 Å². The molecule has 1 heterocycles. The molecule has 0 aliphatic carbocycles. The smallest absolute Gasteiger partial charge is 0.337 e. The van der Waals surface area contributed by atoms with E-state index in [0.717, 1.165) is 16.5 Å². The molecule has 0 saturated carbocycles. The lowest BCUT2D eigenvalue weighted by atomic mass is 10.1. The largest absolute Gasteiger partial charge is 0.465 e. The van der Waals surface area contributed by atoms with E-state index in [4.69, 9.17) is 4.74 Å². The van der Waals surface area contributed by atoms with Crippen LogP contribution in [0.15, 0.2) is 48.5 Å². The Morgan fingerprint density at radius 1 is 1.04 bits per heavy atom. The maximum absolute atomic E-state index is 12.7. The first-order valence-electron chi connectivity index (χ1n) is 7.86. The van der Waals surface area contributed by atoms with Crippen molar-refractivity contribution in [3.05, 3.63) is 70.9 Å². The minimum absolute atomic E-state index is 0.263.